The summed E-state index contributed by atoms with van der Waals surface area (Å²) in [5.41, 5.74) is 0. The highest BCUT2D eigenvalue weighted by Crippen LogP contribution is 2.16. The van der Waals surface area contributed by atoms with Gasteiger partial charge in [0.2, 0.25) is 6.08 Å². The lowest BCUT2D eigenvalue weighted by Crippen LogP contribution is -2.21. The number of hydrazone groups is 1. The molecule has 0 saturated carbocycles. The number of hydrogen-bond acceptors (Lipinski definition) is 5. The Hall–Kier alpha value is -1.44. The number of nitrogens with zero attached hydrogens (tertiary/aromatic N) is 3. The molecule has 1 aliphatic heterocycles. The summed E-state index contributed by atoms with van der Waals surface area (Å²) < 4.78 is 0. The Morgan fingerprint density at radius 2 is 2.18 bits per heavy atom. The van der Waals surface area contributed by atoms with Crippen LogP contribution in [0.1, 0.15) is 12.8 Å². The molecule has 11 heavy (non-hydrogen) atoms. The fourth-order valence-electron chi connectivity index (χ4n) is 1.10. The molecule has 0 aromatic rings. The second-order valence-corrected chi connectivity index (χ2v) is 2.20. The van der Waals surface area contributed by atoms with E-state index >= 15 is 0 Å². The van der Waals surface area contributed by atoms with E-state index in [0.29, 0.717) is 6.54 Å². The van der Waals surface area contributed by atoms with Crippen LogP contribution in [0.4, 0.5) is 0 Å². The smallest absolute Gasteiger partial charge is 0.258 e. The van der Waals surface area contributed by atoms with Crippen molar-refractivity contribution in [2.24, 2.45) is 10.1 Å². The van der Waals surface area contributed by atoms with Gasteiger partial charge in [0.05, 0.1) is 0 Å². The minimum Gasteiger partial charge on any atom is -0.261 e. The largest absolute Gasteiger partial charge is 0.261 e. The summed E-state index contributed by atoms with van der Waals surface area (Å²) in [6.07, 6.45) is 4.19. The SMILES string of the molecule is O=C=NC1CCCN1N=C=O. The fourth-order valence-corrected chi connectivity index (χ4v) is 1.10. The molecular formula is C6H7N3O2. The highest BCUT2D eigenvalue weighted by atomic mass is 16.1. The molecule has 1 aliphatic rings. The molecule has 0 amide bonds. The van der Waals surface area contributed by atoms with E-state index in [9.17, 15) is 9.59 Å². The van der Waals surface area contributed by atoms with Gasteiger partial charge < -0.3 is 0 Å². The lowest BCUT2D eigenvalue weighted by atomic mass is 10.3. The zero-order valence-electron chi connectivity index (χ0n) is 5.86. The third kappa shape index (κ3) is 1.74. The van der Waals surface area contributed by atoms with Crippen molar-refractivity contribution < 1.29 is 9.59 Å². The van der Waals surface area contributed by atoms with Crippen LogP contribution in [-0.4, -0.2) is 29.9 Å². The van der Waals surface area contributed by atoms with E-state index < -0.39 is 0 Å². The summed E-state index contributed by atoms with van der Waals surface area (Å²) >= 11 is 0. The predicted octanol–water partition coefficient (Wildman–Crippen LogP) is -0.00510. The Kier molecular flexibility index (Phi) is 2.55. The first-order valence-electron chi connectivity index (χ1n) is 3.30. The molecule has 5 heteroatoms. The topological polar surface area (TPSA) is 62.1 Å². The second-order valence-electron chi connectivity index (χ2n) is 2.20. The van der Waals surface area contributed by atoms with Crippen molar-refractivity contribution >= 4 is 12.2 Å². The van der Waals surface area contributed by atoms with Gasteiger partial charge in [-0.3, -0.25) is 5.01 Å². The van der Waals surface area contributed by atoms with Crippen molar-refractivity contribution in [2.75, 3.05) is 6.54 Å². The molecule has 5 nitrogen and oxygen atoms in total. The average Bonchev–Trinajstić information content (AvgIpc) is 2.39. The standard InChI is InChI=1S/C6H7N3O2/c10-4-7-6-2-1-3-9(6)8-5-11/h6H,1-3H2. The van der Waals surface area contributed by atoms with Gasteiger partial charge in [0.25, 0.3) is 6.08 Å². The molecule has 0 radical (unpaired) electrons. The third-order valence-electron chi connectivity index (χ3n) is 1.56. The molecule has 0 aromatic carbocycles. The van der Waals surface area contributed by atoms with Crippen LogP contribution in [0, 0.1) is 0 Å². The van der Waals surface area contributed by atoms with Crippen molar-refractivity contribution in [1.82, 2.24) is 5.01 Å². The zero-order chi connectivity index (χ0) is 8.10. The Balaban J connectivity index is 2.64. The summed E-state index contributed by atoms with van der Waals surface area (Å²) in [4.78, 5) is 23.2. The van der Waals surface area contributed by atoms with Crippen molar-refractivity contribution in [3.8, 4) is 0 Å². The molecular weight excluding hydrogens is 146 g/mol. The molecule has 0 bridgehead atoms. The lowest BCUT2D eigenvalue weighted by molar-refractivity contribution is 0.272. The molecule has 1 fully saturated rings. The van der Waals surface area contributed by atoms with Crippen molar-refractivity contribution in [1.29, 1.82) is 0 Å². The van der Waals surface area contributed by atoms with Gasteiger partial charge in [-0.15, -0.1) is 0 Å². The zero-order valence-corrected chi connectivity index (χ0v) is 5.86. The molecule has 1 atom stereocenters. The Morgan fingerprint density at radius 3 is 2.82 bits per heavy atom. The van der Waals surface area contributed by atoms with Crippen LogP contribution in [0.15, 0.2) is 10.1 Å². The minimum atomic E-state index is -0.297. The molecule has 1 rings (SSSR count). The Bertz CT molecular complexity index is 204. The fraction of sp³-hybridized carbons (Fsp3) is 0.667. The van der Waals surface area contributed by atoms with Gasteiger partial charge in [0.1, 0.15) is 6.17 Å². The summed E-state index contributed by atoms with van der Waals surface area (Å²) in [5, 5.41) is 4.82. The van der Waals surface area contributed by atoms with Crippen LogP contribution in [0.3, 0.4) is 0 Å². The van der Waals surface area contributed by atoms with E-state index in [1.54, 1.807) is 0 Å². The van der Waals surface area contributed by atoms with E-state index in [1.165, 1.54) is 17.2 Å². The van der Waals surface area contributed by atoms with E-state index in [2.05, 4.69) is 10.1 Å². The number of hydrogen-bond donors (Lipinski definition) is 0. The normalized spacial score (nSPS) is 22.2. The summed E-state index contributed by atoms with van der Waals surface area (Å²) in [5.74, 6) is 0. The first-order chi connectivity index (χ1) is 5.38. The van der Waals surface area contributed by atoms with Crippen molar-refractivity contribution in [2.45, 2.75) is 19.0 Å². The quantitative estimate of drug-likeness (QED) is 0.414. The lowest BCUT2D eigenvalue weighted by Gasteiger charge is -2.12. The van der Waals surface area contributed by atoms with E-state index in [0.717, 1.165) is 12.8 Å². The van der Waals surface area contributed by atoms with Gasteiger partial charge in [-0.2, -0.15) is 4.99 Å². The number of aliphatic imine (C=N–C) groups is 1. The molecule has 0 aliphatic carbocycles. The van der Waals surface area contributed by atoms with E-state index in [4.69, 9.17) is 0 Å². The molecule has 0 aromatic heterocycles. The number of isocyanates is 2. The third-order valence-corrected chi connectivity index (χ3v) is 1.56. The number of carbonyl (C=O) groups excluding carboxylic acids is 2. The highest BCUT2D eigenvalue weighted by Gasteiger charge is 2.22. The van der Waals surface area contributed by atoms with Gasteiger partial charge in [0, 0.05) is 6.54 Å². The van der Waals surface area contributed by atoms with E-state index in [1.807, 2.05) is 0 Å². The molecule has 0 N–H and O–H groups in total. The van der Waals surface area contributed by atoms with Crippen molar-refractivity contribution in [3.63, 3.8) is 0 Å². The molecule has 58 valence electrons. The maximum atomic E-state index is 9.85. The van der Waals surface area contributed by atoms with Crippen LogP contribution in [-0.2, 0) is 9.59 Å². The summed E-state index contributed by atoms with van der Waals surface area (Å²) in [6.45, 7) is 0.658. The van der Waals surface area contributed by atoms with Crippen LogP contribution in [0.25, 0.3) is 0 Å². The van der Waals surface area contributed by atoms with Crippen molar-refractivity contribution in [3.05, 3.63) is 0 Å². The van der Waals surface area contributed by atoms with Crippen LogP contribution in [0.5, 0.6) is 0 Å². The summed E-state index contributed by atoms with van der Waals surface area (Å²) in [6, 6.07) is 0. The van der Waals surface area contributed by atoms with Gasteiger partial charge in [-0.05, 0) is 12.8 Å². The second kappa shape index (κ2) is 3.66. The van der Waals surface area contributed by atoms with Gasteiger partial charge in [-0.25, -0.2) is 9.59 Å². The molecule has 1 saturated heterocycles. The maximum absolute atomic E-state index is 9.85. The summed E-state index contributed by atoms with van der Waals surface area (Å²) in [7, 11) is 0. The van der Waals surface area contributed by atoms with Gasteiger partial charge >= 0.3 is 0 Å². The monoisotopic (exact) mass is 153 g/mol. The molecule has 1 heterocycles. The van der Waals surface area contributed by atoms with Crippen LogP contribution >= 0.6 is 0 Å². The van der Waals surface area contributed by atoms with E-state index in [-0.39, 0.29) is 6.17 Å². The average molecular weight is 153 g/mol. The molecule has 1 unspecified atom stereocenters. The Morgan fingerprint density at radius 1 is 1.36 bits per heavy atom. The van der Waals surface area contributed by atoms with Crippen LogP contribution < -0.4 is 0 Å². The molecule has 0 spiro atoms. The Labute approximate surface area is 63.4 Å². The number of rotatable bonds is 2. The predicted molar refractivity (Wildman–Crippen MR) is 36.0 cm³/mol. The highest BCUT2D eigenvalue weighted by molar-refractivity contribution is 5.34. The van der Waals surface area contributed by atoms with Gasteiger partial charge in [-0.1, -0.05) is 5.10 Å². The van der Waals surface area contributed by atoms with Gasteiger partial charge in [0.15, 0.2) is 0 Å². The van der Waals surface area contributed by atoms with Crippen LogP contribution in [0.2, 0.25) is 0 Å². The maximum Gasteiger partial charge on any atom is 0.258 e. The minimum absolute atomic E-state index is 0.297. The first-order valence-corrected chi connectivity index (χ1v) is 3.30. The first kappa shape index (κ1) is 7.66.